The summed E-state index contributed by atoms with van der Waals surface area (Å²) in [5.74, 6) is 0.778. The number of hydrogen-bond donors (Lipinski definition) is 0. The van der Waals surface area contributed by atoms with Gasteiger partial charge < -0.3 is 4.74 Å². The summed E-state index contributed by atoms with van der Waals surface area (Å²) >= 11 is 5.94. The molecule has 0 unspecified atom stereocenters. The van der Waals surface area contributed by atoms with Crippen LogP contribution in [-0.2, 0) is 4.74 Å². The highest BCUT2D eigenvalue weighted by atomic mass is 35.5. The first-order valence-electron chi connectivity index (χ1n) is 3.96. The molecule has 0 amide bonds. The van der Waals surface area contributed by atoms with E-state index in [0.29, 0.717) is 5.38 Å². The Balaban J connectivity index is 2.13. The van der Waals surface area contributed by atoms with Crippen molar-refractivity contribution in [2.45, 2.75) is 31.1 Å². The Hall–Kier alpha value is 0.250. The minimum atomic E-state index is 0.438. The zero-order valence-electron chi connectivity index (χ0n) is 6.48. The molecule has 0 aromatic heterocycles. The van der Waals surface area contributed by atoms with E-state index in [1.165, 1.54) is 25.7 Å². The third-order valence-corrected chi connectivity index (χ3v) is 2.62. The van der Waals surface area contributed by atoms with Crippen molar-refractivity contribution >= 4 is 11.6 Å². The number of methoxy groups -OCH3 is 1. The van der Waals surface area contributed by atoms with E-state index < -0.39 is 0 Å². The second kappa shape index (κ2) is 4.20. The maximum atomic E-state index is 5.94. The third kappa shape index (κ3) is 2.47. The zero-order chi connectivity index (χ0) is 7.40. The molecule has 0 atom stereocenters. The standard InChI is InChI=1S/C8H15ClO/c1-10-6-7-2-4-8(9)5-3-7/h7-8H,2-6H2,1H3. The number of ether oxygens (including phenoxy) is 1. The van der Waals surface area contributed by atoms with E-state index in [2.05, 4.69) is 0 Å². The van der Waals surface area contributed by atoms with Crippen molar-refractivity contribution < 1.29 is 4.74 Å². The predicted molar refractivity (Wildman–Crippen MR) is 43.5 cm³/mol. The van der Waals surface area contributed by atoms with E-state index in [1.54, 1.807) is 7.11 Å². The second-order valence-electron chi connectivity index (χ2n) is 3.07. The van der Waals surface area contributed by atoms with Gasteiger partial charge in [0.15, 0.2) is 0 Å². The molecule has 0 N–H and O–H groups in total. The molecule has 1 rings (SSSR count). The first-order valence-corrected chi connectivity index (χ1v) is 4.39. The lowest BCUT2D eigenvalue weighted by Crippen LogP contribution is -2.17. The van der Waals surface area contributed by atoms with Crippen LogP contribution in [0.15, 0.2) is 0 Å². The average molecular weight is 163 g/mol. The Labute approximate surface area is 67.7 Å². The van der Waals surface area contributed by atoms with Crippen molar-refractivity contribution in [2.75, 3.05) is 13.7 Å². The molecule has 2 heteroatoms. The highest BCUT2D eigenvalue weighted by Crippen LogP contribution is 2.27. The van der Waals surface area contributed by atoms with Crippen LogP contribution in [0.4, 0.5) is 0 Å². The molecule has 0 bridgehead atoms. The van der Waals surface area contributed by atoms with Gasteiger partial charge in [-0.15, -0.1) is 11.6 Å². The normalized spacial score (nSPS) is 34.2. The van der Waals surface area contributed by atoms with Crippen LogP contribution in [0.3, 0.4) is 0 Å². The summed E-state index contributed by atoms with van der Waals surface area (Å²) in [5.41, 5.74) is 0. The lowest BCUT2D eigenvalue weighted by atomic mass is 9.90. The van der Waals surface area contributed by atoms with E-state index >= 15 is 0 Å². The molecule has 60 valence electrons. The van der Waals surface area contributed by atoms with Crippen LogP contribution in [0.1, 0.15) is 25.7 Å². The van der Waals surface area contributed by atoms with Gasteiger partial charge in [0.05, 0.1) is 0 Å². The topological polar surface area (TPSA) is 9.23 Å². The maximum absolute atomic E-state index is 5.94. The molecule has 0 aromatic rings. The van der Waals surface area contributed by atoms with Crippen LogP contribution >= 0.6 is 11.6 Å². The van der Waals surface area contributed by atoms with E-state index in [1.807, 2.05) is 0 Å². The SMILES string of the molecule is COCC1CCC(Cl)CC1. The molecular weight excluding hydrogens is 148 g/mol. The molecule has 1 aliphatic rings. The largest absolute Gasteiger partial charge is 0.384 e. The van der Waals surface area contributed by atoms with Gasteiger partial charge in [0.1, 0.15) is 0 Å². The minimum Gasteiger partial charge on any atom is -0.384 e. The first kappa shape index (κ1) is 8.35. The van der Waals surface area contributed by atoms with E-state index in [9.17, 15) is 0 Å². The van der Waals surface area contributed by atoms with Crippen molar-refractivity contribution in [2.24, 2.45) is 5.92 Å². The van der Waals surface area contributed by atoms with Crippen molar-refractivity contribution in [1.29, 1.82) is 0 Å². The summed E-state index contributed by atoms with van der Waals surface area (Å²) in [7, 11) is 1.77. The third-order valence-electron chi connectivity index (χ3n) is 2.18. The molecule has 0 heterocycles. The van der Waals surface area contributed by atoms with Gasteiger partial charge in [0, 0.05) is 19.1 Å². The lowest BCUT2D eigenvalue weighted by Gasteiger charge is -2.23. The molecule has 0 spiro atoms. The summed E-state index contributed by atoms with van der Waals surface area (Å²) in [6.07, 6.45) is 4.86. The van der Waals surface area contributed by atoms with Crippen LogP contribution in [0, 0.1) is 5.92 Å². The highest BCUT2D eigenvalue weighted by molar-refractivity contribution is 6.20. The van der Waals surface area contributed by atoms with Gasteiger partial charge in [-0.05, 0) is 31.6 Å². The Morgan fingerprint density at radius 3 is 2.40 bits per heavy atom. The molecule has 1 nitrogen and oxygen atoms in total. The van der Waals surface area contributed by atoms with Crippen LogP contribution < -0.4 is 0 Å². The molecular formula is C8H15ClO. The van der Waals surface area contributed by atoms with Crippen LogP contribution in [-0.4, -0.2) is 19.1 Å². The van der Waals surface area contributed by atoms with Gasteiger partial charge in [-0.3, -0.25) is 0 Å². The number of rotatable bonds is 2. The van der Waals surface area contributed by atoms with Crippen molar-refractivity contribution in [3.63, 3.8) is 0 Å². The number of hydrogen-bond acceptors (Lipinski definition) is 1. The van der Waals surface area contributed by atoms with Gasteiger partial charge in [-0.1, -0.05) is 0 Å². The molecule has 1 aliphatic carbocycles. The highest BCUT2D eigenvalue weighted by Gasteiger charge is 2.18. The van der Waals surface area contributed by atoms with E-state index in [4.69, 9.17) is 16.3 Å². The summed E-state index contributed by atoms with van der Waals surface area (Å²) in [6.45, 7) is 0.920. The van der Waals surface area contributed by atoms with Crippen LogP contribution in [0.5, 0.6) is 0 Å². The fourth-order valence-electron chi connectivity index (χ4n) is 1.52. The Kier molecular flexibility index (Phi) is 3.50. The smallest absolute Gasteiger partial charge is 0.0490 e. The summed E-state index contributed by atoms with van der Waals surface area (Å²) in [4.78, 5) is 0. The molecule has 0 aromatic carbocycles. The Bertz CT molecular complexity index is 87.3. The number of alkyl halides is 1. The maximum Gasteiger partial charge on any atom is 0.0490 e. The molecule has 10 heavy (non-hydrogen) atoms. The molecule has 0 aliphatic heterocycles. The van der Waals surface area contributed by atoms with Crippen molar-refractivity contribution in [3.05, 3.63) is 0 Å². The zero-order valence-corrected chi connectivity index (χ0v) is 7.23. The predicted octanol–water partition coefficient (Wildman–Crippen LogP) is 2.43. The summed E-state index contributed by atoms with van der Waals surface area (Å²) in [6, 6.07) is 0. The quantitative estimate of drug-likeness (QED) is 0.567. The van der Waals surface area contributed by atoms with E-state index in [0.717, 1.165) is 12.5 Å². The molecule has 0 saturated heterocycles. The molecule has 1 saturated carbocycles. The van der Waals surface area contributed by atoms with Gasteiger partial charge >= 0.3 is 0 Å². The summed E-state index contributed by atoms with van der Waals surface area (Å²) < 4.78 is 5.07. The average Bonchev–Trinajstić information content (AvgIpc) is 1.95. The Morgan fingerprint density at radius 1 is 1.30 bits per heavy atom. The van der Waals surface area contributed by atoms with Crippen LogP contribution in [0.25, 0.3) is 0 Å². The van der Waals surface area contributed by atoms with E-state index in [-0.39, 0.29) is 0 Å². The van der Waals surface area contributed by atoms with Crippen molar-refractivity contribution in [1.82, 2.24) is 0 Å². The fourth-order valence-corrected chi connectivity index (χ4v) is 1.78. The first-order chi connectivity index (χ1) is 4.83. The minimum absolute atomic E-state index is 0.438. The molecule has 0 radical (unpaired) electrons. The summed E-state index contributed by atoms with van der Waals surface area (Å²) in [5, 5.41) is 0.438. The number of halogens is 1. The van der Waals surface area contributed by atoms with Gasteiger partial charge in [0.2, 0.25) is 0 Å². The van der Waals surface area contributed by atoms with Gasteiger partial charge in [0.25, 0.3) is 0 Å². The van der Waals surface area contributed by atoms with Gasteiger partial charge in [-0.25, -0.2) is 0 Å². The molecule has 1 fully saturated rings. The monoisotopic (exact) mass is 162 g/mol. The second-order valence-corrected chi connectivity index (χ2v) is 3.69. The van der Waals surface area contributed by atoms with Crippen molar-refractivity contribution in [3.8, 4) is 0 Å². The lowest BCUT2D eigenvalue weighted by molar-refractivity contribution is 0.132. The fraction of sp³-hybridized carbons (Fsp3) is 1.00. The van der Waals surface area contributed by atoms with Crippen LogP contribution in [0.2, 0.25) is 0 Å². The van der Waals surface area contributed by atoms with Gasteiger partial charge in [-0.2, -0.15) is 0 Å². The Morgan fingerprint density at radius 2 is 1.90 bits per heavy atom.